The summed E-state index contributed by atoms with van der Waals surface area (Å²) in [7, 11) is 0. The smallest absolute Gasteiger partial charge is 0.298 e. The maximum atomic E-state index is 10.7. The van der Waals surface area contributed by atoms with E-state index in [0.717, 1.165) is 18.8 Å². The van der Waals surface area contributed by atoms with Crippen LogP contribution in [0.4, 0.5) is 5.69 Å². The van der Waals surface area contributed by atoms with Crippen LogP contribution in [0.2, 0.25) is 0 Å². The van der Waals surface area contributed by atoms with Crippen molar-refractivity contribution in [2.75, 3.05) is 18.0 Å². The molecule has 0 saturated carbocycles. The Morgan fingerprint density at radius 1 is 1.25 bits per heavy atom. The van der Waals surface area contributed by atoms with E-state index in [2.05, 4.69) is 4.90 Å². The number of hydrogen-bond acceptors (Lipinski definition) is 4. The van der Waals surface area contributed by atoms with Gasteiger partial charge in [-0.2, -0.15) is 0 Å². The van der Waals surface area contributed by atoms with Gasteiger partial charge < -0.3 is 9.64 Å². The van der Waals surface area contributed by atoms with Gasteiger partial charge in [0.15, 0.2) is 6.29 Å². The number of nitrogens with zero attached hydrogens (tertiary/aromatic N) is 1. The topological polar surface area (TPSA) is 46.6 Å². The number of hydrogen-bond donors (Lipinski definition) is 0. The Kier molecular flexibility index (Phi) is 4.51. The average molecular weight is 221 g/mol. The van der Waals surface area contributed by atoms with Crippen molar-refractivity contribution >= 4 is 18.4 Å². The lowest BCUT2D eigenvalue weighted by Crippen LogP contribution is -2.21. The summed E-state index contributed by atoms with van der Waals surface area (Å²) < 4.78 is 4.77. The summed E-state index contributed by atoms with van der Waals surface area (Å²) in [5.41, 5.74) is 1.32. The van der Waals surface area contributed by atoms with E-state index in [9.17, 15) is 9.59 Å². The molecule has 0 aliphatic carbocycles. The Hall–Kier alpha value is -1.84. The van der Waals surface area contributed by atoms with Gasteiger partial charge in [0.05, 0.1) is 5.56 Å². The van der Waals surface area contributed by atoms with Crippen LogP contribution in [0.15, 0.2) is 18.2 Å². The number of rotatable bonds is 6. The minimum atomic E-state index is 0.300. The molecule has 1 aromatic carbocycles. The van der Waals surface area contributed by atoms with Gasteiger partial charge in [-0.15, -0.1) is 0 Å². The summed E-state index contributed by atoms with van der Waals surface area (Å²) in [4.78, 5) is 23.1. The van der Waals surface area contributed by atoms with E-state index in [1.807, 2.05) is 19.9 Å². The van der Waals surface area contributed by atoms with Gasteiger partial charge in [0, 0.05) is 24.8 Å². The lowest BCUT2D eigenvalue weighted by Gasteiger charge is -2.21. The van der Waals surface area contributed by atoms with Crippen molar-refractivity contribution in [3.05, 3.63) is 23.8 Å². The van der Waals surface area contributed by atoms with E-state index in [1.165, 1.54) is 0 Å². The predicted octanol–water partition coefficient (Wildman–Crippen LogP) is 1.88. The molecule has 0 heterocycles. The first-order chi connectivity index (χ1) is 7.76. The van der Waals surface area contributed by atoms with Gasteiger partial charge in [-0.3, -0.25) is 9.59 Å². The van der Waals surface area contributed by atoms with Gasteiger partial charge in [-0.1, -0.05) is 0 Å². The minimum Gasteiger partial charge on any atom is -0.428 e. The summed E-state index contributed by atoms with van der Waals surface area (Å²) in [5, 5.41) is 0. The van der Waals surface area contributed by atoms with Gasteiger partial charge in [0.25, 0.3) is 6.47 Å². The molecule has 0 fully saturated rings. The van der Waals surface area contributed by atoms with E-state index in [0.29, 0.717) is 24.1 Å². The number of carbonyl (C=O) groups excluding carboxylic acids is 2. The fourth-order valence-electron chi connectivity index (χ4n) is 1.56. The highest BCUT2D eigenvalue weighted by Crippen LogP contribution is 2.24. The zero-order chi connectivity index (χ0) is 12.0. The monoisotopic (exact) mass is 221 g/mol. The molecule has 1 aromatic rings. The summed E-state index contributed by atoms with van der Waals surface area (Å²) in [6, 6.07) is 5.19. The van der Waals surface area contributed by atoms with E-state index < -0.39 is 0 Å². The Morgan fingerprint density at radius 2 is 1.94 bits per heavy atom. The molecule has 0 saturated heterocycles. The number of ether oxygens (including phenoxy) is 1. The van der Waals surface area contributed by atoms with Crippen LogP contribution in [0, 0.1) is 0 Å². The average Bonchev–Trinajstić information content (AvgIpc) is 2.31. The van der Waals surface area contributed by atoms with Crippen LogP contribution in [-0.2, 0) is 4.79 Å². The van der Waals surface area contributed by atoms with Crippen LogP contribution < -0.4 is 9.64 Å². The third-order valence-electron chi connectivity index (χ3n) is 2.43. The lowest BCUT2D eigenvalue weighted by molar-refractivity contribution is -0.120. The predicted molar refractivity (Wildman–Crippen MR) is 62.1 cm³/mol. The molecule has 0 radical (unpaired) electrons. The van der Waals surface area contributed by atoms with Crippen LogP contribution >= 0.6 is 0 Å². The quantitative estimate of drug-likeness (QED) is 0.688. The molecule has 86 valence electrons. The Labute approximate surface area is 94.8 Å². The number of carbonyl (C=O) groups is 2. The van der Waals surface area contributed by atoms with Crippen LogP contribution in [0.25, 0.3) is 0 Å². The van der Waals surface area contributed by atoms with E-state index in [1.54, 1.807) is 12.1 Å². The highest BCUT2D eigenvalue weighted by molar-refractivity contribution is 5.81. The highest BCUT2D eigenvalue weighted by Gasteiger charge is 2.07. The Morgan fingerprint density at radius 3 is 2.44 bits per heavy atom. The standard InChI is InChI=1S/C12H15NO3/c1-3-13(4-2)11-6-5-10(8-14)12(7-11)16-9-15/h5-9H,3-4H2,1-2H3. The molecule has 0 unspecified atom stereocenters. The number of benzene rings is 1. The summed E-state index contributed by atoms with van der Waals surface area (Å²) in [5.74, 6) is 0.300. The second-order valence-corrected chi connectivity index (χ2v) is 3.23. The molecule has 16 heavy (non-hydrogen) atoms. The summed E-state index contributed by atoms with van der Waals surface area (Å²) in [6.07, 6.45) is 0.671. The lowest BCUT2D eigenvalue weighted by atomic mass is 10.2. The normalized spacial score (nSPS) is 9.62. The van der Waals surface area contributed by atoms with Crippen LogP contribution in [0.1, 0.15) is 24.2 Å². The molecule has 0 aliphatic rings. The first-order valence-corrected chi connectivity index (χ1v) is 5.21. The second kappa shape index (κ2) is 5.90. The van der Waals surface area contributed by atoms with Gasteiger partial charge in [0.2, 0.25) is 0 Å². The van der Waals surface area contributed by atoms with Crippen molar-refractivity contribution in [3.8, 4) is 5.75 Å². The van der Waals surface area contributed by atoms with Crippen molar-refractivity contribution in [2.24, 2.45) is 0 Å². The van der Waals surface area contributed by atoms with E-state index in [-0.39, 0.29) is 0 Å². The van der Waals surface area contributed by atoms with Crippen molar-refractivity contribution in [1.82, 2.24) is 0 Å². The zero-order valence-corrected chi connectivity index (χ0v) is 9.47. The molecule has 0 spiro atoms. The van der Waals surface area contributed by atoms with Gasteiger partial charge >= 0.3 is 0 Å². The molecule has 0 atom stereocenters. The fraction of sp³-hybridized carbons (Fsp3) is 0.333. The highest BCUT2D eigenvalue weighted by atomic mass is 16.5. The van der Waals surface area contributed by atoms with Crippen molar-refractivity contribution in [3.63, 3.8) is 0 Å². The first-order valence-electron chi connectivity index (χ1n) is 5.21. The Balaban J connectivity index is 3.09. The van der Waals surface area contributed by atoms with Crippen LogP contribution in [0.5, 0.6) is 5.75 Å². The van der Waals surface area contributed by atoms with Gasteiger partial charge in [-0.25, -0.2) is 0 Å². The maximum Gasteiger partial charge on any atom is 0.298 e. The summed E-state index contributed by atoms with van der Waals surface area (Å²) >= 11 is 0. The fourth-order valence-corrected chi connectivity index (χ4v) is 1.56. The second-order valence-electron chi connectivity index (χ2n) is 3.23. The summed E-state index contributed by atoms with van der Waals surface area (Å²) in [6.45, 7) is 6.12. The molecule has 0 aliphatic heterocycles. The zero-order valence-electron chi connectivity index (χ0n) is 9.47. The largest absolute Gasteiger partial charge is 0.428 e. The first kappa shape index (κ1) is 12.2. The third-order valence-corrected chi connectivity index (χ3v) is 2.43. The minimum absolute atomic E-state index is 0.300. The van der Waals surface area contributed by atoms with Crippen molar-refractivity contribution in [1.29, 1.82) is 0 Å². The maximum absolute atomic E-state index is 10.7. The molecular weight excluding hydrogens is 206 g/mol. The molecule has 1 rings (SSSR count). The van der Waals surface area contributed by atoms with E-state index in [4.69, 9.17) is 4.74 Å². The molecule has 0 N–H and O–H groups in total. The van der Waals surface area contributed by atoms with Gasteiger partial charge in [0.1, 0.15) is 5.75 Å². The SMILES string of the molecule is CCN(CC)c1ccc(C=O)c(OC=O)c1. The van der Waals surface area contributed by atoms with E-state index >= 15 is 0 Å². The molecular formula is C12H15NO3. The molecule has 0 amide bonds. The Bertz CT molecular complexity index is 373. The van der Waals surface area contributed by atoms with Crippen molar-refractivity contribution in [2.45, 2.75) is 13.8 Å². The third kappa shape index (κ3) is 2.59. The molecule has 4 nitrogen and oxygen atoms in total. The number of aldehydes is 1. The molecule has 4 heteroatoms. The van der Waals surface area contributed by atoms with Gasteiger partial charge in [-0.05, 0) is 26.0 Å². The molecule has 0 aromatic heterocycles. The van der Waals surface area contributed by atoms with Crippen LogP contribution in [-0.4, -0.2) is 25.8 Å². The number of anilines is 1. The van der Waals surface area contributed by atoms with Crippen molar-refractivity contribution < 1.29 is 14.3 Å². The molecule has 0 bridgehead atoms. The van der Waals surface area contributed by atoms with Crippen LogP contribution in [0.3, 0.4) is 0 Å².